The number of rotatable bonds is 9. The van der Waals surface area contributed by atoms with Crippen molar-refractivity contribution >= 4 is 5.82 Å². The predicted octanol–water partition coefficient (Wildman–Crippen LogP) is 5.30. The van der Waals surface area contributed by atoms with Crippen molar-refractivity contribution in [3.8, 4) is 5.69 Å². The van der Waals surface area contributed by atoms with Gasteiger partial charge < -0.3 is 9.80 Å². The van der Waals surface area contributed by atoms with E-state index in [1.807, 2.05) is 0 Å². The third kappa shape index (κ3) is 5.53. The van der Waals surface area contributed by atoms with Crippen LogP contribution in [0.5, 0.6) is 0 Å². The molecule has 2 aromatic carbocycles. The molecular weight excluding hydrogens is 418 g/mol. The molecule has 182 valence electrons. The molecule has 4 rings (SSSR count). The SMILES string of the molecule is CCc1nn(-c2ccccc2)c(N2CCN(CC)CC2)c1CN(Cc1cccc(C)c1)C(C)C. The van der Waals surface area contributed by atoms with Gasteiger partial charge in [-0.1, -0.05) is 61.9 Å². The van der Waals surface area contributed by atoms with Crippen LogP contribution in [0.4, 0.5) is 5.82 Å². The summed E-state index contributed by atoms with van der Waals surface area (Å²) < 4.78 is 2.21. The van der Waals surface area contributed by atoms with Gasteiger partial charge >= 0.3 is 0 Å². The van der Waals surface area contributed by atoms with Crippen LogP contribution in [0.15, 0.2) is 54.6 Å². The third-order valence-electron chi connectivity index (χ3n) is 7.05. The lowest BCUT2D eigenvalue weighted by atomic mass is 10.1. The van der Waals surface area contributed by atoms with Crippen molar-refractivity contribution in [2.24, 2.45) is 0 Å². The lowest BCUT2D eigenvalue weighted by Gasteiger charge is -2.37. The van der Waals surface area contributed by atoms with Crippen LogP contribution in [-0.4, -0.2) is 58.3 Å². The summed E-state index contributed by atoms with van der Waals surface area (Å²) >= 11 is 0. The summed E-state index contributed by atoms with van der Waals surface area (Å²) in [5.74, 6) is 1.29. The number of benzene rings is 2. The number of nitrogens with zero attached hydrogens (tertiary/aromatic N) is 5. The average Bonchev–Trinajstić information content (AvgIpc) is 3.22. The average molecular weight is 460 g/mol. The van der Waals surface area contributed by atoms with Gasteiger partial charge in [0.15, 0.2) is 0 Å². The van der Waals surface area contributed by atoms with Gasteiger partial charge in [-0.25, -0.2) is 4.68 Å². The van der Waals surface area contributed by atoms with E-state index in [2.05, 4.69) is 109 Å². The van der Waals surface area contributed by atoms with Gasteiger partial charge in [-0.2, -0.15) is 5.10 Å². The second-order valence-corrected chi connectivity index (χ2v) is 9.76. The highest BCUT2D eigenvalue weighted by atomic mass is 15.4. The normalized spacial score (nSPS) is 15.0. The summed E-state index contributed by atoms with van der Waals surface area (Å²) in [5, 5.41) is 5.18. The molecule has 0 aliphatic carbocycles. The summed E-state index contributed by atoms with van der Waals surface area (Å²) in [6, 6.07) is 20.0. The zero-order chi connectivity index (χ0) is 24.1. The molecule has 2 heterocycles. The summed E-state index contributed by atoms with van der Waals surface area (Å²) in [4.78, 5) is 7.70. The Labute approximate surface area is 206 Å². The van der Waals surface area contributed by atoms with Gasteiger partial charge in [-0.05, 0) is 51.4 Å². The second kappa shape index (κ2) is 11.2. The topological polar surface area (TPSA) is 27.5 Å². The fourth-order valence-electron chi connectivity index (χ4n) is 4.95. The van der Waals surface area contributed by atoms with E-state index in [0.717, 1.165) is 57.9 Å². The summed E-state index contributed by atoms with van der Waals surface area (Å²) in [6.45, 7) is 18.6. The molecule has 1 aliphatic rings. The van der Waals surface area contributed by atoms with Crippen molar-refractivity contribution in [1.82, 2.24) is 19.6 Å². The van der Waals surface area contributed by atoms with Crippen LogP contribution in [-0.2, 0) is 19.5 Å². The molecule has 34 heavy (non-hydrogen) atoms. The highest BCUT2D eigenvalue weighted by Crippen LogP contribution is 2.31. The van der Waals surface area contributed by atoms with Crippen molar-refractivity contribution in [2.75, 3.05) is 37.6 Å². The highest BCUT2D eigenvalue weighted by Gasteiger charge is 2.27. The zero-order valence-electron chi connectivity index (χ0n) is 21.7. The van der Waals surface area contributed by atoms with Crippen molar-refractivity contribution < 1.29 is 0 Å². The summed E-state index contributed by atoms with van der Waals surface area (Å²) in [6.07, 6.45) is 0.938. The van der Waals surface area contributed by atoms with Gasteiger partial charge in [0.1, 0.15) is 5.82 Å². The molecule has 3 aromatic rings. The molecule has 1 aliphatic heterocycles. The number of anilines is 1. The molecule has 5 heteroatoms. The minimum Gasteiger partial charge on any atom is -0.354 e. The lowest BCUT2D eigenvalue weighted by Crippen LogP contribution is -2.47. The van der Waals surface area contributed by atoms with E-state index in [1.54, 1.807) is 0 Å². The van der Waals surface area contributed by atoms with Crippen molar-refractivity contribution in [2.45, 2.75) is 60.2 Å². The number of para-hydroxylation sites is 1. The molecule has 0 bridgehead atoms. The van der Waals surface area contributed by atoms with E-state index in [0.29, 0.717) is 6.04 Å². The summed E-state index contributed by atoms with van der Waals surface area (Å²) in [5.41, 5.74) is 6.44. The fourth-order valence-corrected chi connectivity index (χ4v) is 4.95. The molecule has 0 radical (unpaired) electrons. The van der Waals surface area contributed by atoms with E-state index in [4.69, 9.17) is 5.10 Å². The minimum atomic E-state index is 0.440. The highest BCUT2D eigenvalue weighted by molar-refractivity contribution is 5.56. The molecular formula is C29H41N5. The van der Waals surface area contributed by atoms with Crippen molar-refractivity contribution in [3.05, 3.63) is 77.0 Å². The number of hydrogen-bond donors (Lipinski definition) is 0. The number of aromatic nitrogens is 2. The molecule has 0 spiro atoms. The molecule has 0 N–H and O–H groups in total. The van der Waals surface area contributed by atoms with Crippen LogP contribution < -0.4 is 4.90 Å². The van der Waals surface area contributed by atoms with Gasteiger partial charge in [-0.3, -0.25) is 4.90 Å². The first kappa shape index (κ1) is 24.5. The smallest absolute Gasteiger partial charge is 0.137 e. The van der Waals surface area contributed by atoms with E-state index < -0.39 is 0 Å². The van der Waals surface area contributed by atoms with Gasteiger partial charge in [0, 0.05) is 50.9 Å². The van der Waals surface area contributed by atoms with Crippen LogP contribution in [0.3, 0.4) is 0 Å². The Morgan fingerprint density at radius 3 is 2.26 bits per heavy atom. The molecule has 1 aromatic heterocycles. The van der Waals surface area contributed by atoms with Crippen LogP contribution in [0.1, 0.15) is 50.1 Å². The second-order valence-electron chi connectivity index (χ2n) is 9.76. The number of likely N-dealkylation sites (N-methyl/N-ethyl adjacent to an activating group) is 1. The maximum absolute atomic E-state index is 5.18. The molecule has 0 saturated carbocycles. The monoisotopic (exact) mass is 459 g/mol. The first-order valence-electron chi connectivity index (χ1n) is 12.9. The van der Waals surface area contributed by atoms with E-state index >= 15 is 0 Å². The van der Waals surface area contributed by atoms with Crippen LogP contribution >= 0.6 is 0 Å². The van der Waals surface area contributed by atoms with Gasteiger partial charge in [-0.15, -0.1) is 0 Å². The molecule has 1 fully saturated rings. The Balaban J connectivity index is 1.73. The minimum absolute atomic E-state index is 0.440. The Hall–Kier alpha value is -2.63. The Morgan fingerprint density at radius 2 is 1.65 bits per heavy atom. The number of aryl methyl sites for hydroxylation is 2. The number of hydrogen-bond acceptors (Lipinski definition) is 4. The van der Waals surface area contributed by atoms with Crippen molar-refractivity contribution in [1.29, 1.82) is 0 Å². The number of piperazine rings is 1. The van der Waals surface area contributed by atoms with Crippen LogP contribution in [0.25, 0.3) is 5.69 Å². The maximum Gasteiger partial charge on any atom is 0.137 e. The largest absolute Gasteiger partial charge is 0.354 e. The maximum atomic E-state index is 5.18. The van der Waals surface area contributed by atoms with E-state index in [9.17, 15) is 0 Å². The molecule has 0 atom stereocenters. The molecule has 0 amide bonds. The Kier molecular flexibility index (Phi) is 8.07. The molecule has 1 saturated heterocycles. The van der Waals surface area contributed by atoms with Gasteiger partial charge in [0.05, 0.1) is 11.4 Å². The zero-order valence-corrected chi connectivity index (χ0v) is 21.7. The Morgan fingerprint density at radius 1 is 0.912 bits per heavy atom. The van der Waals surface area contributed by atoms with Crippen LogP contribution in [0.2, 0.25) is 0 Å². The lowest BCUT2D eigenvalue weighted by molar-refractivity contribution is 0.203. The third-order valence-corrected chi connectivity index (χ3v) is 7.05. The summed E-state index contributed by atoms with van der Waals surface area (Å²) in [7, 11) is 0. The first-order valence-corrected chi connectivity index (χ1v) is 12.9. The van der Waals surface area contributed by atoms with E-state index in [-0.39, 0.29) is 0 Å². The molecule has 0 unspecified atom stereocenters. The Bertz CT molecular complexity index is 1050. The predicted molar refractivity (Wildman–Crippen MR) is 143 cm³/mol. The quantitative estimate of drug-likeness (QED) is 0.434. The van der Waals surface area contributed by atoms with Crippen LogP contribution in [0, 0.1) is 6.92 Å². The van der Waals surface area contributed by atoms with Crippen molar-refractivity contribution in [3.63, 3.8) is 0 Å². The van der Waals surface area contributed by atoms with Gasteiger partial charge in [0.25, 0.3) is 0 Å². The first-order chi connectivity index (χ1) is 16.5. The molecule has 5 nitrogen and oxygen atoms in total. The van der Waals surface area contributed by atoms with Gasteiger partial charge in [0.2, 0.25) is 0 Å². The standard InChI is InChI=1S/C29H41N5/c1-6-28-27(22-33(23(3)4)21-25-13-11-12-24(5)20-25)29(32-18-16-31(7-2)17-19-32)34(30-28)26-14-9-8-10-15-26/h8-15,20,23H,6-7,16-19,21-22H2,1-5H3. The van der Waals surface area contributed by atoms with E-state index in [1.165, 1.54) is 28.2 Å². The fraction of sp³-hybridized carbons (Fsp3) is 0.483.